The molecule has 0 unspecified atom stereocenters. The zero-order valence-corrected chi connectivity index (χ0v) is 5.35. The summed E-state index contributed by atoms with van der Waals surface area (Å²) >= 11 is 0. The maximum Gasteiger partial charge on any atom is 0.454 e. The van der Waals surface area contributed by atoms with Crippen molar-refractivity contribution in [2.24, 2.45) is 5.73 Å². The third kappa shape index (κ3) is 3.61. The molecule has 0 rings (SSSR count). The Morgan fingerprint density at radius 1 is 1.55 bits per heavy atom. The van der Waals surface area contributed by atoms with E-state index < -0.39 is 24.3 Å². The summed E-state index contributed by atoms with van der Waals surface area (Å²) in [6, 6.07) is 0. The van der Waals surface area contributed by atoms with Crippen LogP contribution in [0.3, 0.4) is 0 Å². The normalized spacial score (nSPS) is 13.3. The van der Waals surface area contributed by atoms with Crippen LogP contribution in [0.5, 0.6) is 0 Å². The zero-order chi connectivity index (χ0) is 9.07. The Labute approximate surface area is 60.3 Å². The molecule has 3 N–H and O–H groups in total. The summed E-state index contributed by atoms with van der Waals surface area (Å²) in [6.45, 7) is -0.762. The van der Waals surface area contributed by atoms with E-state index in [0.717, 1.165) is 0 Å². The molecule has 0 aliphatic rings. The highest BCUT2D eigenvalue weighted by Crippen LogP contribution is 2.16. The van der Waals surface area contributed by atoms with E-state index in [2.05, 4.69) is 0 Å². The topological polar surface area (TPSA) is 63.3 Å². The highest BCUT2D eigenvalue weighted by Gasteiger charge is 2.36. The van der Waals surface area contributed by atoms with Crippen LogP contribution < -0.4 is 5.73 Å². The number of ketones is 1. The summed E-state index contributed by atoms with van der Waals surface area (Å²) in [5.74, 6) is -2.07. The number of aliphatic hydroxyl groups is 1. The van der Waals surface area contributed by atoms with Gasteiger partial charge < -0.3 is 10.8 Å². The highest BCUT2D eigenvalue weighted by atomic mass is 19.4. The third-order valence-electron chi connectivity index (χ3n) is 0.778. The van der Waals surface area contributed by atoms with E-state index in [1.807, 2.05) is 0 Å². The van der Waals surface area contributed by atoms with E-state index in [1.54, 1.807) is 0 Å². The molecule has 0 atom stereocenters. The van der Waals surface area contributed by atoms with E-state index in [-0.39, 0.29) is 6.08 Å². The van der Waals surface area contributed by atoms with Gasteiger partial charge in [0.25, 0.3) is 5.78 Å². The van der Waals surface area contributed by atoms with E-state index in [4.69, 9.17) is 10.8 Å². The van der Waals surface area contributed by atoms with Crippen molar-refractivity contribution in [3.8, 4) is 0 Å². The smallest absolute Gasteiger partial charge is 0.400 e. The molecule has 0 aromatic heterocycles. The number of hydrogen-bond acceptors (Lipinski definition) is 3. The summed E-state index contributed by atoms with van der Waals surface area (Å²) in [7, 11) is 0. The van der Waals surface area contributed by atoms with E-state index in [1.165, 1.54) is 0 Å². The van der Waals surface area contributed by atoms with Crippen molar-refractivity contribution in [2.75, 3.05) is 6.61 Å². The van der Waals surface area contributed by atoms with Crippen LogP contribution in [0.15, 0.2) is 11.8 Å². The largest absolute Gasteiger partial charge is 0.454 e. The predicted molar refractivity (Wildman–Crippen MR) is 30.4 cm³/mol. The Hall–Kier alpha value is -1.04. The van der Waals surface area contributed by atoms with Gasteiger partial charge in [0, 0.05) is 11.8 Å². The first-order chi connectivity index (χ1) is 4.88. The lowest BCUT2D eigenvalue weighted by atomic mass is 10.3. The van der Waals surface area contributed by atoms with Crippen molar-refractivity contribution in [2.45, 2.75) is 6.18 Å². The van der Waals surface area contributed by atoms with Gasteiger partial charge in [0.15, 0.2) is 0 Å². The second-order valence-corrected chi connectivity index (χ2v) is 1.74. The van der Waals surface area contributed by atoms with Crippen molar-refractivity contribution in [3.63, 3.8) is 0 Å². The SMILES string of the molecule is NC(=CC(=O)C(F)(F)F)CO. The Morgan fingerprint density at radius 2 is 2.00 bits per heavy atom. The number of alkyl halides is 3. The standard InChI is InChI=1S/C5H6F3NO2/c6-5(7,8)4(11)1-3(9)2-10/h1,10H,2,9H2. The summed E-state index contributed by atoms with van der Waals surface area (Å²) in [4.78, 5) is 10.0. The van der Waals surface area contributed by atoms with E-state index in [0.29, 0.717) is 0 Å². The summed E-state index contributed by atoms with van der Waals surface area (Å²) in [5.41, 5.74) is 4.25. The molecule has 0 aliphatic carbocycles. The van der Waals surface area contributed by atoms with Crippen molar-refractivity contribution in [3.05, 3.63) is 11.8 Å². The molecule has 0 spiro atoms. The molecule has 0 heterocycles. The van der Waals surface area contributed by atoms with E-state index in [9.17, 15) is 18.0 Å². The van der Waals surface area contributed by atoms with Crippen LogP contribution in [0.4, 0.5) is 13.2 Å². The van der Waals surface area contributed by atoms with Gasteiger partial charge in [0.2, 0.25) is 0 Å². The van der Waals surface area contributed by atoms with Gasteiger partial charge in [-0.05, 0) is 0 Å². The molecule has 0 aromatic carbocycles. The van der Waals surface area contributed by atoms with Crippen LogP contribution in [-0.2, 0) is 4.79 Å². The maximum atomic E-state index is 11.4. The number of carbonyl (C=O) groups excluding carboxylic acids is 1. The first kappa shape index (κ1) is 9.96. The quantitative estimate of drug-likeness (QED) is 0.570. The average Bonchev–Trinajstić information content (AvgIpc) is 1.85. The minimum Gasteiger partial charge on any atom is -0.400 e. The first-order valence-electron chi connectivity index (χ1n) is 2.56. The Balaban J connectivity index is 4.30. The molecular formula is C5H6F3NO2. The Morgan fingerprint density at radius 3 is 2.27 bits per heavy atom. The number of hydrogen-bond donors (Lipinski definition) is 2. The fraction of sp³-hybridized carbons (Fsp3) is 0.400. The first-order valence-corrected chi connectivity index (χ1v) is 2.56. The molecule has 0 aromatic rings. The summed E-state index contributed by atoms with van der Waals surface area (Å²) in [6.07, 6.45) is -4.76. The van der Waals surface area contributed by atoms with Gasteiger partial charge in [-0.3, -0.25) is 4.79 Å². The minimum absolute atomic E-state index is 0.153. The second-order valence-electron chi connectivity index (χ2n) is 1.74. The van der Waals surface area contributed by atoms with Crippen LogP contribution in [0.2, 0.25) is 0 Å². The summed E-state index contributed by atoms with van der Waals surface area (Å²) < 4.78 is 34.2. The molecule has 64 valence electrons. The van der Waals surface area contributed by atoms with Crippen LogP contribution >= 0.6 is 0 Å². The number of aliphatic hydroxyl groups excluding tert-OH is 1. The van der Waals surface area contributed by atoms with Gasteiger partial charge in [-0.2, -0.15) is 13.2 Å². The van der Waals surface area contributed by atoms with Gasteiger partial charge >= 0.3 is 6.18 Å². The fourth-order valence-electron chi connectivity index (χ4n) is 0.296. The monoisotopic (exact) mass is 169 g/mol. The van der Waals surface area contributed by atoms with Crippen molar-refractivity contribution < 1.29 is 23.1 Å². The van der Waals surface area contributed by atoms with Crippen molar-refractivity contribution in [1.29, 1.82) is 0 Å². The molecule has 0 saturated carbocycles. The minimum atomic E-state index is -4.92. The maximum absolute atomic E-state index is 11.4. The summed E-state index contributed by atoms with van der Waals surface area (Å²) in [5, 5.41) is 8.14. The Bertz CT molecular complexity index is 185. The van der Waals surface area contributed by atoms with Gasteiger partial charge in [0.1, 0.15) is 0 Å². The molecule has 0 bridgehead atoms. The molecular weight excluding hydrogens is 163 g/mol. The van der Waals surface area contributed by atoms with Crippen LogP contribution in [0.1, 0.15) is 0 Å². The molecule has 0 saturated heterocycles. The van der Waals surface area contributed by atoms with Gasteiger partial charge in [-0.25, -0.2) is 0 Å². The fourth-order valence-corrected chi connectivity index (χ4v) is 0.296. The van der Waals surface area contributed by atoms with Crippen molar-refractivity contribution in [1.82, 2.24) is 0 Å². The lowest BCUT2D eigenvalue weighted by Gasteiger charge is -2.00. The average molecular weight is 169 g/mol. The van der Waals surface area contributed by atoms with E-state index >= 15 is 0 Å². The number of halogens is 3. The number of carbonyl (C=O) groups is 1. The molecule has 0 radical (unpaired) electrons. The van der Waals surface area contributed by atoms with Crippen LogP contribution in [0, 0.1) is 0 Å². The lowest BCUT2D eigenvalue weighted by molar-refractivity contribution is -0.165. The second kappa shape index (κ2) is 3.38. The van der Waals surface area contributed by atoms with Crippen LogP contribution in [0.25, 0.3) is 0 Å². The molecule has 0 aliphatic heterocycles. The number of rotatable bonds is 2. The van der Waals surface area contributed by atoms with Crippen LogP contribution in [-0.4, -0.2) is 23.7 Å². The zero-order valence-electron chi connectivity index (χ0n) is 5.35. The molecule has 0 amide bonds. The number of nitrogens with two attached hydrogens (primary N) is 1. The predicted octanol–water partition coefficient (Wildman–Crippen LogP) is -0.0473. The highest BCUT2D eigenvalue weighted by molar-refractivity contribution is 5.94. The third-order valence-corrected chi connectivity index (χ3v) is 0.778. The molecule has 11 heavy (non-hydrogen) atoms. The van der Waals surface area contributed by atoms with Gasteiger partial charge in [0.05, 0.1) is 6.61 Å². The van der Waals surface area contributed by atoms with Gasteiger partial charge in [-0.15, -0.1) is 0 Å². The van der Waals surface area contributed by atoms with Crippen molar-refractivity contribution >= 4 is 5.78 Å². The number of allylic oxidation sites excluding steroid dienone is 1. The lowest BCUT2D eigenvalue weighted by Crippen LogP contribution is -2.22. The molecule has 0 fully saturated rings. The Kier molecular flexibility index (Phi) is 3.06. The molecule has 3 nitrogen and oxygen atoms in total. The van der Waals surface area contributed by atoms with Gasteiger partial charge in [-0.1, -0.05) is 0 Å². The molecule has 6 heteroatoms.